The predicted molar refractivity (Wildman–Crippen MR) is 91.1 cm³/mol. The molecule has 0 saturated heterocycles. The molecule has 0 aliphatic carbocycles. The molecule has 1 aromatic heterocycles. The average molecular weight is 333 g/mol. The van der Waals surface area contributed by atoms with Crippen molar-refractivity contribution >= 4 is 34.2 Å². The fraction of sp³-hybridized carbons (Fsp3) is 0.312. The third-order valence-electron chi connectivity index (χ3n) is 2.78. The minimum Gasteiger partial charge on any atom is -0.461 e. The molecule has 1 heterocycles. The zero-order chi connectivity index (χ0) is 16.8. The highest BCUT2D eigenvalue weighted by atomic mass is 32.1. The molecule has 0 bridgehead atoms. The third kappa shape index (κ3) is 5.07. The molecule has 2 N–H and O–H groups in total. The summed E-state index contributed by atoms with van der Waals surface area (Å²) in [6.45, 7) is 6.00. The smallest absolute Gasteiger partial charge is 0.350 e. The maximum Gasteiger partial charge on any atom is 0.350 e. The Morgan fingerprint density at radius 1 is 1.22 bits per heavy atom. The van der Waals surface area contributed by atoms with Crippen molar-refractivity contribution in [2.24, 2.45) is 5.92 Å². The maximum atomic E-state index is 12.0. The zero-order valence-corrected chi connectivity index (χ0v) is 14.1. The van der Waals surface area contributed by atoms with Gasteiger partial charge in [0.15, 0.2) is 5.13 Å². The van der Waals surface area contributed by atoms with Crippen LogP contribution in [0, 0.1) is 12.8 Å². The van der Waals surface area contributed by atoms with Crippen LogP contribution in [0.4, 0.5) is 15.6 Å². The van der Waals surface area contributed by atoms with E-state index in [1.807, 2.05) is 32.0 Å². The van der Waals surface area contributed by atoms with Crippen LogP contribution >= 0.6 is 11.3 Å². The van der Waals surface area contributed by atoms with Crippen LogP contribution in [-0.2, 0) is 4.74 Å². The summed E-state index contributed by atoms with van der Waals surface area (Å²) in [5.41, 5.74) is 1.22. The number of aryl methyl sites for hydroxylation is 1. The van der Waals surface area contributed by atoms with E-state index in [1.54, 1.807) is 19.1 Å². The van der Waals surface area contributed by atoms with Crippen LogP contribution in [0.25, 0.3) is 0 Å². The van der Waals surface area contributed by atoms with Gasteiger partial charge >= 0.3 is 12.0 Å². The first-order valence-electron chi connectivity index (χ1n) is 7.23. The number of ether oxygens (including phenoxy) is 1. The van der Waals surface area contributed by atoms with Gasteiger partial charge in [-0.1, -0.05) is 43.4 Å². The molecule has 6 nitrogen and oxygen atoms in total. The van der Waals surface area contributed by atoms with Crippen LogP contribution in [0.2, 0.25) is 0 Å². The van der Waals surface area contributed by atoms with Gasteiger partial charge in [-0.3, -0.25) is 5.32 Å². The monoisotopic (exact) mass is 333 g/mol. The lowest BCUT2D eigenvalue weighted by Gasteiger charge is -2.05. The van der Waals surface area contributed by atoms with Gasteiger partial charge in [0.05, 0.1) is 12.3 Å². The van der Waals surface area contributed by atoms with Crippen LogP contribution in [0.5, 0.6) is 0 Å². The van der Waals surface area contributed by atoms with Crippen molar-refractivity contribution in [3.05, 3.63) is 40.9 Å². The van der Waals surface area contributed by atoms with E-state index in [-0.39, 0.29) is 5.92 Å². The first kappa shape index (κ1) is 17.0. The van der Waals surface area contributed by atoms with Gasteiger partial charge in [0.2, 0.25) is 0 Å². The van der Waals surface area contributed by atoms with E-state index in [0.29, 0.717) is 28.0 Å². The van der Waals surface area contributed by atoms with Crippen LogP contribution in [0.1, 0.15) is 29.2 Å². The number of esters is 1. The summed E-state index contributed by atoms with van der Waals surface area (Å²) < 4.78 is 5.19. The summed E-state index contributed by atoms with van der Waals surface area (Å²) in [6.07, 6.45) is 0. The van der Waals surface area contributed by atoms with Gasteiger partial charge in [0, 0.05) is 5.69 Å². The fourth-order valence-electron chi connectivity index (χ4n) is 1.73. The molecule has 2 rings (SSSR count). The largest absolute Gasteiger partial charge is 0.461 e. The second kappa shape index (κ2) is 7.73. The highest BCUT2D eigenvalue weighted by Gasteiger charge is 2.18. The quantitative estimate of drug-likeness (QED) is 0.813. The number of rotatable bonds is 5. The van der Waals surface area contributed by atoms with Crippen molar-refractivity contribution in [2.45, 2.75) is 20.8 Å². The molecule has 0 saturated carbocycles. The van der Waals surface area contributed by atoms with Gasteiger partial charge in [0.25, 0.3) is 0 Å². The molecule has 0 aliphatic heterocycles. The minimum absolute atomic E-state index is 0.265. The van der Waals surface area contributed by atoms with Crippen LogP contribution < -0.4 is 10.6 Å². The number of nitrogens with zero attached hydrogens (tertiary/aromatic N) is 1. The minimum atomic E-state index is -0.412. The highest BCUT2D eigenvalue weighted by molar-refractivity contribution is 7.17. The molecule has 0 unspecified atom stereocenters. The number of aromatic nitrogens is 1. The van der Waals surface area contributed by atoms with Crippen LogP contribution in [-0.4, -0.2) is 23.6 Å². The number of amides is 2. The Morgan fingerprint density at radius 2 is 1.91 bits per heavy atom. The molecule has 23 heavy (non-hydrogen) atoms. The van der Waals surface area contributed by atoms with Gasteiger partial charge in [-0.15, -0.1) is 0 Å². The Balaban J connectivity index is 1.97. The Kier molecular flexibility index (Phi) is 5.70. The molecule has 1 aromatic carbocycles. The molecule has 0 radical (unpaired) electrons. The number of carbonyl (C=O) groups excluding carboxylic acids is 2. The first-order chi connectivity index (χ1) is 11.0. The molecule has 0 fully saturated rings. The Hall–Kier alpha value is -2.41. The standard InChI is InChI=1S/C16H19N3O3S/c1-10(2)9-22-14(20)13-11(3)17-16(23-13)19-15(21)18-12-7-5-4-6-8-12/h4-8,10H,9H2,1-3H3,(H2,17,18,19,21). The van der Waals surface area contributed by atoms with E-state index in [2.05, 4.69) is 15.6 Å². The Morgan fingerprint density at radius 3 is 2.57 bits per heavy atom. The second-order valence-electron chi connectivity index (χ2n) is 5.37. The molecule has 122 valence electrons. The molecule has 7 heteroatoms. The van der Waals surface area contributed by atoms with Crippen molar-refractivity contribution in [2.75, 3.05) is 17.2 Å². The summed E-state index contributed by atoms with van der Waals surface area (Å²) in [4.78, 5) is 28.5. The maximum absolute atomic E-state index is 12.0. The average Bonchev–Trinajstić information content (AvgIpc) is 2.86. The number of para-hydroxylation sites is 1. The molecule has 0 spiro atoms. The Labute approximate surface area is 138 Å². The van der Waals surface area contributed by atoms with Crippen molar-refractivity contribution in [1.29, 1.82) is 0 Å². The van der Waals surface area contributed by atoms with Crippen LogP contribution in [0.3, 0.4) is 0 Å². The van der Waals surface area contributed by atoms with Crippen molar-refractivity contribution in [3.63, 3.8) is 0 Å². The highest BCUT2D eigenvalue weighted by Crippen LogP contribution is 2.23. The number of thiazole rings is 1. The van der Waals surface area contributed by atoms with E-state index in [1.165, 1.54) is 0 Å². The topological polar surface area (TPSA) is 80.3 Å². The number of nitrogens with one attached hydrogen (secondary N) is 2. The number of hydrogen-bond donors (Lipinski definition) is 2. The molecular formula is C16H19N3O3S. The summed E-state index contributed by atoms with van der Waals surface area (Å²) in [7, 11) is 0. The normalized spacial score (nSPS) is 10.4. The van der Waals surface area contributed by atoms with Crippen molar-refractivity contribution in [3.8, 4) is 0 Å². The summed E-state index contributed by atoms with van der Waals surface area (Å²) in [5, 5.41) is 5.66. The van der Waals surface area contributed by atoms with E-state index in [0.717, 1.165) is 11.3 Å². The van der Waals surface area contributed by atoms with Gasteiger partial charge < -0.3 is 10.1 Å². The first-order valence-corrected chi connectivity index (χ1v) is 8.05. The van der Waals surface area contributed by atoms with Gasteiger partial charge in [-0.05, 0) is 25.0 Å². The Bertz CT molecular complexity index is 683. The number of carbonyl (C=O) groups is 2. The third-order valence-corrected chi connectivity index (χ3v) is 3.83. The lowest BCUT2D eigenvalue weighted by molar-refractivity contribution is 0.0463. The van der Waals surface area contributed by atoms with E-state index >= 15 is 0 Å². The molecule has 0 aliphatic rings. The second-order valence-corrected chi connectivity index (χ2v) is 6.37. The van der Waals surface area contributed by atoms with E-state index in [4.69, 9.17) is 4.74 Å². The van der Waals surface area contributed by atoms with Gasteiger partial charge in [0.1, 0.15) is 4.88 Å². The SMILES string of the molecule is Cc1nc(NC(=O)Nc2ccccc2)sc1C(=O)OCC(C)C. The molecule has 2 aromatic rings. The van der Waals surface area contributed by atoms with Crippen LogP contribution in [0.15, 0.2) is 30.3 Å². The lowest BCUT2D eigenvalue weighted by atomic mass is 10.2. The lowest BCUT2D eigenvalue weighted by Crippen LogP contribution is -2.19. The van der Waals surface area contributed by atoms with E-state index < -0.39 is 12.0 Å². The van der Waals surface area contributed by atoms with Crippen molar-refractivity contribution in [1.82, 2.24) is 4.98 Å². The molecular weight excluding hydrogens is 314 g/mol. The zero-order valence-electron chi connectivity index (χ0n) is 13.3. The predicted octanol–water partition coefficient (Wildman–Crippen LogP) is 3.91. The van der Waals surface area contributed by atoms with Crippen molar-refractivity contribution < 1.29 is 14.3 Å². The fourth-order valence-corrected chi connectivity index (χ4v) is 2.58. The molecule has 0 atom stereocenters. The number of benzene rings is 1. The van der Waals surface area contributed by atoms with Gasteiger partial charge in [-0.25, -0.2) is 14.6 Å². The number of hydrogen-bond acceptors (Lipinski definition) is 5. The summed E-state index contributed by atoms with van der Waals surface area (Å²) >= 11 is 1.10. The molecule has 2 amide bonds. The summed E-state index contributed by atoms with van der Waals surface area (Å²) in [5.74, 6) is -0.147. The number of anilines is 2. The number of urea groups is 1. The summed E-state index contributed by atoms with van der Waals surface area (Å²) in [6, 6.07) is 8.66. The van der Waals surface area contributed by atoms with Gasteiger partial charge in [-0.2, -0.15) is 0 Å². The van der Waals surface area contributed by atoms with E-state index in [9.17, 15) is 9.59 Å².